The number of aromatic nitrogens is 4. The van der Waals surface area contributed by atoms with Gasteiger partial charge in [0.25, 0.3) is 5.91 Å². The Morgan fingerprint density at radius 2 is 1.93 bits per heavy atom. The van der Waals surface area contributed by atoms with Crippen LogP contribution in [0.5, 0.6) is 0 Å². The maximum Gasteiger partial charge on any atom is 0.274 e. The summed E-state index contributed by atoms with van der Waals surface area (Å²) in [6, 6.07) is 18.9. The van der Waals surface area contributed by atoms with E-state index in [0.29, 0.717) is 28.8 Å². The van der Waals surface area contributed by atoms with Crippen molar-refractivity contribution in [2.75, 3.05) is 5.32 Å². The van der Waals surface area contributed by atoms with Gasteiger partial charge >= 0.3 is 0 Å². The SMILES string of the molecule is Cc1ccccc1Cn1ccc(NC(=O)c2cc(-c3ccc(Cl)cc3)n[nH]2)n1. The van der Waals surface area contributed by atoms with Crippen LogP contribution in [0.15, 0.2) is 66.9 Å². The van der Waals surface area contributed by atoms with E-state index in [-0.39, 0.29) is 5.91 Å². The Morgan fingerprint density at radius 1 is 1.14 bits per heavy atom. The summed E-state index contributed by atoms with van der Waals surface area (Å²) in [6.45, 7) is 2.71. The summed E-state index contributed by atoms with van der Waals surface area (Å²) in [7, 11) is 0. The number of nitrogens with one attached hydrogen (secondary N) is 2. The molecule has 2 N–H and O–H groups in total. The first-order valence-corrected chi connectivity index (χ1v) is 9.17. The quantitative estimate of drug-likeness (QED) is 0.524. The van der Waals surface area contributed by atoms with Crippen LogP contribution in [-0.2, 0) is 6.54 Å². The van der Waals surface area contributed by atoms with Crippen LogP contribution in [0, 0.1) is 6.92 Å². The van der Waals surface area contributed by atoms with E-state index < -0.39 is 0 Å². The summed E-state index contributed by atoms with van der Waals surface area (Å²) in [6.07, 6.45) is 1.84. The molecule has 2 aromatic heterocycles. The van der Waals surface area contributed by atoms with Gasteiger partial charge in [-0.25, -0.2) is 0 Å². The Morgan fingerprint density at radius 3 is 2.71 bits per heavy atom. The largest absolute Gasteiger partial charge is 0.304 e. The van der Waals surface area contributed by atoms with Gasteiger partial charge in [0.1, 0.15) is 5.69 Å². The van der Waals surface area contributed by atoms with Crippen molar-refractivity contribution in [3.63, 3.8) is 0 Å². The first kappa shape index (κ1) is 18.0. The summed E-state index contributed by atoms with van der Waals surface area (Å²) in [5.41, 5.74) is 4.30. The van der Waals surface area contributed by atoms with Crippen molar-refractivity contribution in [3.05, 3.63) is 88.7 Å². The molecule has 0 fully saturated rings. The van der Waals surface area contributed by atoms with Crippen molar-refractivity contribution in [2.45, 2.75) is 13.5 Å². The molecule has 0 unspecified atom stereocenters. The lowest BCUT2D eigenvalue weighted by Gasteiger charge is -2.05. The lowest BCUT2D eigenvalue weighted by molar-refractivity contribution is 0.102. The topological polar surface area (TPSA) is 75.6 Å². The van der Waals surface area contributed by atoms with Crippen LogP contribution < -0.4 is 5.32 Å². The number of aryl methyl sites for hydroxylation is 1. The average Bonchev–Trinajstić information content (AvgIpc) is 3.34. The van der Waals surface area contributed by atoms with Crippen molar-refractivity contribution >= 4 is 23.3 Å². The molecule has 0 radical (unpaired) electrons. The first-order valence-electron chi connectivity index (χ1n) is 8.79. The highest BCUT2D eigenvalue weighted by Crippen LogP contribution is 2.20. The average molecular weight is 392 g/mol. The molecule has 0 saturated heterocycles. The first-order chi connectivity index (χ1) is 13.6. The minimum Gasteiger partial charge on any atom is -0.304 e. The normalized spacial score (nSPS) is 10.8. The molecule has 28 heavy (non-hydrogen) atoms. The number of H-pyrrole nitrogens is 1. The van der Waals surface area contributed by atoms with E-state index in [0.717, 1.165) is 5.56 Å². The van der Waals surface area contributed by atoms with E-state index in [2.05, 4.69) is 39.7 Å². The van der Waals surface area contributed by atoms with Gasteiger partial charge in [0.2, 0.25) is 0 Å². The van der Waals surface area contributed by atoms with Gasteiger partial charge in [0.15, 0.2) is 5.82 Å². The number of anilines is 1. The van der Waals surface area contributed by atoms with Gasteiger partial charge in [-0.15, -0.1) is 0 Å². The maximum absolute atomic E-state index is 12.5. The lowest BCUT2D eigenvalue weighted by Crippen LogP contribution is -2.13. The minimum absolute atomic E-state index is 0.297. The zero-order valence-electron chi connectivity index (χ0n) is 15.2. The fourth-order valence-electron chi connectivity index (χ4n) is 2.87. The van der Waals surface area contributed by atoms with Gasteiger partial charge < -0.3 is 5.32 Å². The highest BCUT2D eigenvalue weighted by molar-refractivity contribution is 6.30. The number of nitrogens with zero attached hydrogens (tertiary/aromatic N) is 3. The van der Waals surface area contributed by atoms with E-state index in [1.165, 1.54) is 11.1 Å². The zero-order chi connectivity index (χ0) is 19.5. The standard InChI is InChI=1S/C21H18ClN5O/c1-14-4-2-3-5-16(14)13-27-11-10-20(26-27)23-21(28)19-12-18(24-25-19)15-6-8-17(22)9-7-15/h2-12H,13H2,1H3,(H,24,25)(H,23,26,28). The molecule has 2 aromatic carbocycles. The smallest absolute Gasteiger partial charge is 0.274 e. The van der Waals surface area contributed by atoms with Crippen molar-refractivity contribution < 1.29 is 4.79 Å². The second-order valence-corrected chi connectivity index (χ2v) is 6.89. The van der Waals surface area contributed by atoms with Crippen LogP contribution in [0.2, 0.25) is 5.02 Å². The molecule has 0 bridgehead atoms. The molecular formula is C21H18ClN5O. The van der Waals surface area contributed by atoms with E-state index in [1.807, 2.05) is 30.5 Å². The molecule has 0 spiro atoms. The number of benzene rings is 2. The minimum atomic E-state index is -0.297. The molecule has 2 heterocycles. The Kier molecular flexibility index (Phi) is 4.95. The van der Waals surface area contributed by atoms with Crippen molar-refractivity contribution in [2.24, 2.45) is 0 Å². The van der Waals surface area contributed by atoms with Gasteiger partial charge in [-0.1, -0.05) is 48.0 Å². The number of carbonyl (C=O) groups is 1. The predicted octanol–water partition coefficient (Wildman–Crippen LogP) is 4.54. The molecule has 0 aliphatic carbocycles. The molecule has 0 aliphatic heterocycles. The van der Waals surface area contributed by atoms with Gasteiger partial charge in [0, 0.05) is 22.8 Å². The van der Waals surface area contributed by atoms with Gasteiger partial charge in [-0.3, -0.25) is 14.6 Å². The van der Waals surface area contributed by atoms with Gasteiger partial charge in [-0.2, -0.15) is 10.2 Å². The van der Waals surface area contributed by atoms with Crippen molar-refractivity contribution in [3.8, 4) is 11.3 Å². The number of amides is 1. The number of rotatable bonds is 5. The summed E-state index contributed by atoms with van der Waals surface area (Å²) in [4.78, 5) is 12.5. The Balaban J connectivity index is 1.44. The summed E-state index contributed by atoms with van der Waals surface area (Å²) in [5.74, 6) is 0.190. The highest BCUT2D eigenvalue weighted by Gasteiger charge is 2.13. The summed E-state index contributed by atoms with van der Waals surface area (Å²) < 4.78 is 1.80. The Labute approximate surface area is 167 Å². The fraction of sp³-hybridized carbons (Fsp3) is 0.0952. The maximum atomic E-state index is 12.5. The number of carbonyl (C=O) groups excluding carboxylic acids is 1. The molecule has 0 aliphatic rings. The third kappa shape index (κ3) is 3.97. The fourth-order valence-corrected chi connectivity index (χ4v) is 2.99. The van der Waals surface area contributed by atoms with E-state index in [9.17, 15) is 4.79 Å². The Bertz CT molecular complexity index is 1110. The van der Waals surface area contributed by atoms with Crippen LogP contribution in [-0.4, -0.2) is 25.9 Å². The lowest BCUT2D eigenvalue weighted by atomic mass is 10.1. The zero-order valence-corrected chi connectivity index (χ0v) is 15.9. The van der Waals surface area contributed by atoms with E-state index in [1.54, 1.807) is 28.9 Å². The monoisotopic (exact) mass is 391 g/mol. The molecule has 4 aromatic rings. The van der Waals surface area contributed by atoms with Crippen molar-refractivity contribution in [1.29, 1.82) is 0 Å². The third-order valence-electron chi connectivity index (χ3n) is 4.44. The number of halogens is 1. The van der Waals surface area contributed by atoms with Crippen molar-refractivity contribution in [1.82, 2.24) is 20.0 Å². The Hall–Kier alpha value is -3.38. The van der Waals surface area contributed by atoms with E-state index in [4.69, 9.17) is 11.6 Å². The second-order valence-electron chi connectivity index (χ2n) is 6.45. The molecule has 6 nitrogen and oxygen atoms in total. The van der Waals surface area contributed by atoms with Crippen LogP contribution in [0.4, 0.5) is 5.82 Å². The molecule has 0 atom stereocenters. The summed E-state index contributed by atoms with van der Waals surface area (Å²) in [5, 5.41) is 14.8. The van der Waals surface area contributed by atoms with Crippen LogP contribution in [0.25, 0.3) is 11.3 Å². The molecule has 0 saturated carbocycles. The molecular weight excluding hydrogens is 374 g/mol. The summed E-state index contributed by atoms with van der Waals surface area (Å²) >= 11 is 5.91. The van der Waals surface area contributed by atoms with Gasteiger partial charge in [-0.05, 0) is 36.2 Å². The van der Waals surface area contributed by atoms with Crippen LogP contribution in [0.1, 0.15) is 21.6 Å². The van der Waals surface area contributed by atoms with E-state index >= 15 is 0 Å². The second kappa shape index (κ2) is 7.70. The van der Waals surface area contributed by atoms with Crippen LogP contribution >= 0.6 is 11.6 Å². The van der Waals surface area contributed by atoms with Gasteiger partial charge in [0.05, 0.1) is 12.2 Å². The predicted molar refractivity (Wildman–Crippen MR) is 109 cm³/mol. The molecule has 140 valence electrons. The molecule has 7 heteroatoms. The highest BCUT2D eigenvalue weighted by atomic mass is 35.5. The van der Waals surface area contributed by atoms with Crippen LogP contribution in [0.3, 0.4) is 0 Å². The number of hydrogen-bond acceptors (Lipinski definition) is 3. The number of hydrogen-bond donors (Lipinski definition) is 2. The molecule has 1 amide bonds. The molecule has 4 rings (SSSR count). The number of aromatic amines is 1. The third-order valence-corrected chi connectivity index (χ3v) is 4.69.